The topological polar surface area (TPSA) is 47.6 Å². The summed E-state index contributed by atoms with van der Waals surface area (Å²) in [6.07, 6.45) is 4.38. The van der Waals surface area contributed by atoms with E-state index in [4.69, 9.17) is 0 Å². The van der Waals surface area contributed by atoms with E-state index in [1.54, 1.807) is 25.1 Å². The van der Waals surface area contributed by atoms with Crippen molar-refractivity contribution in [3.8, 4) is 0 Å². The van der Waals surface area contributed by atoms with Crippen molar-refractivity contribution in [2.45, 2.75) is 44.7 Å². The lowest BCUT2D eigenvalue weighted by Gasteiger charge is -2.41. The zero-order valence-electron chi connectivity index (χ0n) is 15.2. The quantitative estimate of drug-likeness (QED) is 0.883. The number of rotatable bonds is 3. The highest BCUT2D eigenvalue weighted by molar-refractivity contribution is 5.89. The number of anilines is 1. The molecule has 138 valence electrons. The van der Waals surface area contributed by atoms with E-state index in [1.807, 2.05) is 0 Å². The number of piperidine rings is 2. The zero-order valence-corrected chi connectivity index (χ0v) is 15.2. The molecular formula is C19H29FN4O. The standard InChI is InChI=1S/C19H29FN4O/c1-14-4-3-5-17(18(14)20)22-19(25)21-15-6-12-24(13-7-15)16-8-10-23(2)11-9-16/h3-5,15-16H,6-13H2,1-2H3,(H2,21,22,25). The Balaban J connectivity index is 1.44. The second kappa shape index (κ2) is 8.15. The summed E-state index contributed by atoms with van der Waals surface area (Å²) in [5, 5.41) is 5.63. The average Bonchev–Trinajstić information content (AvgIpc) is 2.60. The molecule has 1 aromatic carbocycles. The summed E-state index contributed by atoms with van der Waals surface area (Å²) < 4.78 is 14.0. The Morgan fingerprint density at radius 1 is 1.12 bits per heavy atom. The van der Waals surface area contributed by atoms with Gasteiger partial charge in [0.05, 0.1) is 5.69 Å². The van der Waals surface area contributed by atoms with Crippen LogP contribution in [0.2, 0.25) is 0 Å². The van der Waals surface area contributed by atoms with Crippen LogP contribution >= 0.6 is 0 Å². The first-order valence-corrected chi connectivity index (χ1v) is 9.28. The molecule has 2 N–H and O–H groups in total. The van der Waals surface area contributed by atoms with Gasteiger partial charge in [0.25, 0.3) is 0 Å². The highest BCUT2D eigenvalue weighted by Crippen LogP contribution is 2.21. The summed E-state index contributed by atoms with van der Waals surface area (Å²) in [4.78, 5) is 17.1. The molecule has 0 spiro atoms. The van der Waals surface area contributed by atoms with Gasteiger partial charge >= 0.3 is 6.03 Å². The zero-order chi connectivity index (χ0) is 17.8. The predicted octanol–water partition coefficient (Wildman–Crippen LogP) is 2.81. The number of carbonyl (C=O) groups is 1. The van der Waals surface area contributed by atoms with Crippen molar-refractivity contribution < 1.29 is 9.18 Å². The van der Waals surface area contributed by atoms with Gasteiger partial charge < -0.3 is 20.4 Å². The smallest absolute Gasteiger partial charge is 0.319 e. The molecule has 0 atom stereocenters. The largest absolute Gasteiger partial charge is 0.335 e. The molecule has 0 aromatic heterocycles. The number of halogens is 1. The van der Waals surface area contributed by atoms with Gasteiger partial charge in [0.15, 0.2) is 0 Å². The van der Waals surface area contributed by atoms with Crippen molar-refractivity contribution in [1.29, 1.82) is 0 Å². The Morgan fingerprint density at radius 3 is 2.48 bits per heavy atom. The molecule has 6 heteroatoms. The molecule has 2 amide bonds. The molecule has 25 heavy (non-hydrogen) atoms. The molecule has 2 aliphatic rings. The Hall–Kier alpha value is -1.66. The van der Waals surface area contributed by atoms with Crippen LogP contribution in [-0.2, 0) is 0 Å². The number of nitrogens with zero attached hydrogens (tertiary/aromatic N) is 2. The van der Waals surface area contributed by atoms with E-state index in [9.17, 15) is 9.18 Å². The molecule has 3 rings (SSSR count). The number of carbonyl (C=O) groups excluding carboxylic acids is 1. The summed E-state index contributed by atoms with van der Waals surface area (Å²) in [6.45, 7) is 6.09. The van der Waals surface area contributed by atoms with E-state index in [0.717, 1.165) is 25.9 Å². The molecule has 5 nitrogen and oxygen atoms in total. The van der Waals surface area contributed by atoms with Gasteiger partial charge in [-0.3, -0.25) is 0 Å². The Morgan fingerprint density at radius 2 is 1.80 bits per heavy atom. The number of urea groups is 1. The van der Waals surface area contributed by atoms with Gasteiger partial charge in [-0.15, -0.1) is 0 Å². The van der Waals surface area contributed by atoms with Crippen molar-refractivity contribution in [3.63, 3.8) is 0 Å². The fourth-order valence-corrected chi connectivity index (χ4v) is 3.86. The van der Waals surface area contributed by atoms with E-state index in [1.165, 1.54) is 25.9 Å². The monoisotopic (exact) mass is 348 g/mol. The van der Waals surface area contributed by atoms with Crippen LogP contribution in [0.15, 0.2) is 18.2 Å². The third kappa shape index (κ3) is 4.70. The number of nitrogens with one attached hydrogen (secondary N) is 2. The lowest BCUT2D eigenvalue weighted by molar-refractivity contribution is 0.0938. The molecule has 2 aliphatic heterocycles. The van der Waals surface area contributed by atoms with Gasteiger partial charge in [-0.2, -0.15) is 0 Å². The molecule has 0 unspecified atom stereocenters. The van der Waals surface area contributed by atoms with E-state index in [2.05, 4.69) is 27.5 Å². The fourth-order valence-electron chi connectivity index (χ4n) is 3.86. The number of amides is 2. The first kappa shape index (κ1) is 18.1. The van der Waals surface area contributed by atoms with Crippen molar-refractivity contribution in [1.82, 2.24) is 15.1 Å². The summed E-state index contributed by atoms with van der Waals surface area (Å²) >= 11 is 0. The van der Waals surface area contributed by atoms with Crippen LogP contribution in [0.4, 0.5) is 14.9 Å². The number of hydrogen-bond donors (Lipinski definition) is 2. The minimum Gasteiger partial charge on any atom is -0.335 e. The van der Waals surface area contributed by atoms with E-state index >= 15 is 0 Å². The lowest BCUT2D eigenvalue weighted by atomic mass is 9.98. The van der Waals surface area contributed by atoms with Crippen molar-refractivity contribution in [2.24, 2.45) is 0 Å². The van der Waals surface area contributed by atoms with Crippen molar-refractivity contribution in [2.75, 3.05) is 38.5 Å². The van der Waals surface area contributed by atoms with Crippen LogP contribution < -0.4 is 10.6 Å². The van der Waals surface area contributed by atoms with E-state index < -0.39 is 0 Å². The summed E-state index contributed by atoms with van der Waals surface area (Å²) in [6, 6.07) is 5.56. The maximum atomic E-state index is 14.0. The minimum atomic E-state index is -0.366. The Labute approximate surface area is 149 Å². The molecule has 0 aliphatic carbocycles. The average molecular weight is 348 g/mol. The normalized spacial score (nSPS) is 21.2. The summed E-state index contributed by atoms with van der Waals surface area (Å²) in [5.41, 5.74) is 0.769. The number of hydrogen-bond acceptors (Lipinski definition) is 3. The fraction of sp³-hybridized carbons (Fsp3) is 0.632. The molecule has 2 fully saturated rings. The van der Waals surface area contributed by atoms with Gasteiger partial charge in [0.2, 0.25) is 0 Å². The highest BCUT2D eigenvalue weighted by atomic mass is 19.1. The first-order valence-electron chi connectivity index (χ1n) is 9.28. The van der Waals surface area contributed by atoms with Gasteiger partial charge in [-0.1, -0.05) is 12.1 Å². The maximum absolute atomic E-state index is 14.0. The van der Waals surface area contributed by atoms with Crippen molar-refractivity contribution in [3.05, 3.63) is 29.6 Å². The van der Waals surface area contributed by atoms with Crippen molar-refractivity contribution >= 4 is 11.7 Å². The maximum Gasteiger partial charge on any atom is 0.319 e. The summed E-state index contributed by atoms with van der Waals surface area (Å²) in [7, 11) is 2.18. The van der Waals surface area contributed by atoms with Crippen LogP contribution in [-0.4, -0.2) is 61.1 Å². The first-order chi connectivity index (χ1) is 12.0. The number of likely N-dealkylation sites (tertiary alicyclic amines) is 2. The number of benzene rings is 1. The van der Waals surface area contributed by atoms with Gasteiger partial charge in [0.1, 0.15) is 5.82 Å². The van der Waals surface area contributed by atoms with E-state index in [-0.39, 0.29) is 23.6 Å². The second-order valence-electron chi connectivity index (χ2n) is 7.38. The Kier molecular flexibility index (Phi) is 5.91. The molecular weight excluding hydrogens is 319 g/mol. The van der Waals surface area contributed by atoms with Crippen LogP contribution in [0.3, 0.4) is 0 Å². The molecule has 0 bridgehead atoms. The second-order valence-corrected chi connectivity index (χ2v) is 7.38. The molecule has 1 aromatic rings. The van der Waals surface area contributed by atoms with E-state index in [0.29, 0.717) is 11.6 Å². The molecule has 0 radical (unpaired) electrons. The predicted molar refractivity (Wildman–Crippen MR) is 98.4 cm³/mol. The third-order valence-electron chi connectivity index (χ3n) is 5.51. The SMILES string of the molecule is Cc1cccc(NC(=O)NC2CCN(C3CCN(C)CC3)CC2)c1F. The van der Waals surface area contributed by atoms with Crippen LogP contribution in [0, 0.1) is 12.7 Å². The van der Waals surface area contributed by atoms with Crippen LogP contribution in [0.5, 0.6) is 0 Å². The number of aryl methyl sites for hydroxylation is 1. The molecule has 2 heterocycles. The van der Waals surface area contributed by atoms with Gasteiger partial charge in [0, 0.05) is 25.2 Å². The molecule has 0 saturated carbocycles. The molecule has 2 saturated heterocycles. The van der Waals surface area contributed by atoms with Crippen LogP contribution in [0.25, 0.3) is 0 Å². The Bertz CT molecular complexity index is 593. The van der Waals surface area contributed by atoms with Crippen LogP contribution in [0.1, 0.15) is 31.2 Å². The summed E-state index contributed by atoms with van der Waals surface area (Å²) in [5.74, 6) is -0.366. The van der Waals surface area contributed by atoms with Gasteiger partial charge in [-0.25, -0.2) is 9.18 Å². The lowest BCUT2D eigenvalue weighted by Crippen LogP contribution is -2.51. The minimum absolute atomic E-state index is 0.162. The third-order valence-corrected chi connectivity index (χ3v) is 5.51. The highest BCUT2D eigenvalue weighted by Gasteiger charge is 2.27. The van der Waals surface area contributed by atoms with Gasteiger partial charge in [-0.05, 0) is 64.4 Å².